The molecule has 0 fully saturated rings. The summed E-state index contributed by atoms with van der Waals surface area (Å²) in [4.78, 5) is 11.5. The third-order valence-electron chi connectivity index (χ3n) is 1.83. The highest BCUT2D eigenvalue weighted by Gasteiger charge is 2.21. The van der Waals surface area contributed by atoms with E-state index in [9.17, 15) is 4.79 Å². The van der Waals surface area contributed by atoms with Crippen LogP contribution in [0.5, 0.6) is 0 Å². The molecule has 0 amide bonds. The van der Waals surface area contributed by atoms with Crippen LogP contribution in [-0.4, -0.2) is 29.6 Å². The number of hydrogen-bond donors (Lipinski definition) is 1. The van der Waals surface area contributed by atoms with Crippen molar-refractivity contribution in [3.63, 3.8) is 0 Å². The Labute approximate surface area is 90.8 Å². The lowest BCUT2D eigenvalue weighted by atomic mass is 10.2. The van der Waals surface area contributed by atoms with Crippen LogP contribution in [0, 0.1) is 0 Å². The molecule has 14 heavy (non-hydrogen) atoms. The number of thioether (sulfide) groups is 1. The first-order valence-corrected chi connectivity index (χ1v) is 6.12. The van der Waals surface area contributed by atoms with E-state index in [-0.39, 0.29) is 11.2 Å². The molecule has 4 heteroatoms. The summed E-state index contributed by atoms with van der Waals surface area (Å²) in [6.07, 6.45) is 1.86. The highest BCUT2D eigenvalue weighted by Crippen LogP contribution is 2.22. The van der Waals surface area contributed by atoms with Crippen LogP contribution < -0.4 is 5.73 Å². The van der Waals surface area contributed by atoms with Gasteiger partial charge >= 0.3 is 5.97 Å². The minimum absolute atomic E-state index is 0.0431. The van der Waals surface area contributed by atoms with Gasteiger partial charge in [-0.1, -0.05) is 20.3 Å². The average Bonchev–Trinajstić information content (AvgIpc) is 2.17. The van der Waals surface area contributed by atoms with E-state index in [4.69, 9.17) is 10.5 Å². The Morgan fingerprint density at radius 1 is 1.50 bits per heavy atom. The first-order valence-electron chi connectivity index (χ1n) is 5.17. The van der Waals surface area contributed by atoms with Crippen molar-refractivity contribution < 1.29 is 9.53 Å². The summed E-state index contributed by atoms with van der Waals surface area (Å²) in [6.45, 7) is 6.99. The molecule has 0 saturated carbocycles. The Morgan fingerprint density at radius 2 is 2.14 bits per heavy atom. The highest BCUT2D eigenvalue weighted by molar-refractivity contribution is 8.01. The molecule has 2 N–H and O–H groups in total. The van der Waals surface area contributed by atoms with Crippen molar-refractivity contribution >= 4 is 17.7 Å². The topological polar surface area (TPSA) is 52.3 Å². The van der Waals surface area contributed by atoms with E-state index in [1.54, 1.807) is 11.8 Å². The molecule has 0 radical (unpaired) electrons. The van der Waals surface area contributed by atoms with Crippen molar-refractivity contribution in [2.75, 3.05) is 13.2 Å². The van der Waals surface area contributed by atoms with E-state index in [0.717, 1.165) is 12.8 Å². The second kappa shape index (κ2) is 8.12. The summed E-state index contributed by atoms with van der Waals surface area (Å²) in [7, 11) is 0. The molecule has 0 aromatic rings. The molecular formula is C10H21NO2S. The molecule has 0 aromatic heterocycles. The molecule has 2 unspecified atom stereocenters. The number of ether oxygens (including phenoxy) is 1. The van der Waals surface area contributed by atoms with Gasteiger partial charge in [0, 0.05) is 11.8 Å². The smallest absolute Gasteiger partial charge is 0.319 e. The fourth-order valence-corrected chi connectivity index (χ4v) is 2.30. The maximum absolute atomic E-state index is 11.5. The van der Waals surface area contributed by atoms with Crippen molar-refractivity contribution in [3.8, 4) is 0 Å². The monoisotopic (exact) mass is 219 g/mol. The Morgan fingerprint density at radius 3 is 2.57 bits per heavy atom. The molecule has 0 aliphatic rings. The Bertz CT molecular complexity index is 164. The van der Waals surface area contributed by atoms with Crippen LogP contribution in [0.3, 0.4) is 0 Å². The SMILES string of the molecule is CCCC(SC(C)CN)C(=O)OCC. The Balaban J connectivity index is 4.06. The zero-order valence-corrected chi connectivity index (χ0v) is 10.1. The number of esters is 1. The van der Waals surface area contributed by atoms with Gasteiger partial charge in [-0.25, -0.2) is 0 Å². The van der Waals surface area contributed by atoms with Crippen LogP contribution in [0.2, 0.25) is 0 Å². The van der Waals surface area contributed by atoms with Crippen molar-refractivity contribution in [1.82, 2.24) is 0 Å². The Kier molecular flexibility index (Phi) is 7.99. The Hall–Kier alpha value is -0.220. The lowest BCUT2D eigenvalue weighted by molar-refractivity contribution is -0.142. The molecule has 84 valence electrons. The lowest BCUT2D eigenvalue weighted by Crippen LogP contribution is -2.25. The number of carbonyl (C=O) groups is 1. The van der Waals surface area contributed by atoms with Gasteiger partial charge in [0.05, 0.1) is 6.61 Å². The van der Waals surface area contributed by atoms with E-state index < -0.39 is 0 Å². The zero-order chi connectivity index (χ0) is 11.0. The van der Waals surface area contributed by atoms with Crippen LogP contribution in [0.15, 0.2) is 0 Å². The van der Waals surface area contributed by atoms with Crippen molar-refractivity contribution in [2.24, 2.45) is 5.73 Å². The number of carbonyl (C=O) groups excluding carboxylic acids is 1. The first-order chi connectivity index (χ1) is 6.65. The van der Waals surface area contributed by atoms with Crippen molar-refractivity contribution in [3.05, 3.63) is 0 Å². The molecule has 0 aliphatic heterocycles. The van der Waals surface area contributed by atoms with Crippen molar-refractivity contribution in [2.45, 2.75) is 44.1 Å². The summed E-state index contributed by atoms with van der Waals surface area (Å²) in [5.74, 6) is -0.0975. The largest absolute Gasteiger partial charge is 0.465 e. The number of nitrogens with two attached hydrogens (primary N) is 1. The van der Waals surface area contributed by atoms with Gasteiger partial charge in [0.25, 0.3) is 0 Å². The van der Waals surface area contributed by atoms with E-state index in [1.165, 1.54) is 0 Å². The van der Waals surface area contributed by atoms with Crippen LogP contribution in [-0.2, 0) is 9.53 Å². The molecule has 3 nitrogen and oxygen atoms in total. The molecule has 0 bridgehead atoms. The minimum Gasteiger partial charge on any atom is -0.465 e. The van der Waals surface area contributed by atoms with Crippen molar-refractivity contribution in [1.29, 1.82) is 0 Å². The van der Waals surface area contributed by atoms with Gasteiger partial charge in [-0.2, -0.15) is 0 Å². The van der Waals surface area contributed by atoms with Crippen LogP contribution in [0.4, 0.5) is 0 Å². The fourth-order valence-electron chi connectivity index (χ4n) is 1.07. The predicted octanol–water partition coefficient (Wildman–Crippen LogP) is 1.80. The van der Waals surface area contributed by atoms with E-state index in [1.807, 2.05) is 13.8 Å². The molecular weight excluding hydrogens is 198 g/mol. The molecule has 0 aromatic carbocycles. The standard InChI is InChI=1S/C10H21NO2S/c1-4-6-9(10(12)13-5-2)14-8(3)7-11/h8-9H,4-7,11H2,1-3H3. The summed E-state index contributed by atoms with van der Waals surface area (Å²) in [6, 6.07) is 0. The normalized spacial score (nSPS) is 14.9. The fraction of sp³-hybridized carbons (Fsp3) is 0.900. The molecule has 0 heterocycles. The molecule has 0 saturated heterocycles. The zero-order valence-electron chi connectivity index (χ0n) is 9.29. The van der Waals surface area contributed by atoms with E-state index >= 15 is 0 Å². The van der Waals surface area contributed by atoms with Gasteiger partial charge in [-0.15, -0.1) is 11.8 Å². The maximum Gasteiger partial charge on any atom is 0.319 e. The summed E-state index contributed by atoms with van der Waals surface area (Å²) in [5.41, 5.74) is 5.52. The lowest BCUT2D eigenvalue weighted by Gasteiger charge is -2.17. The summed E-state index contributed by atoms with van der Waals surface area (Å²) < 4.78 is 5.00. The summed E-state index contributed by atoms with van der Waals surface area (Å²) in [5, 5.41) is 0.273. The van der Waals surface area contributed by atoms with E-state index in [2.05, 4.69) is 6.92 Å². The van der Waals surface area contributed by atoms with Gasteiger partial charge in [0.15, 0.2) is 0 Å². The molecule has 0 spiro atoms. The first kappa shape index (κ1) is 13.8. The third-order valence-corrected chi connectivity index (χ3v) is 3.24. The van der Waals surface area contributed by atoms with Crippen LogP contribution >= 0.6 is 11.8 Å². The van der Waals surface area contributed by atoms with E-state index in [0.29, 0.717) is 18.4 Å². The second-order valence-electron chi connectivity index (χ2n) is 3.21. The van der Waals surface area contributed by atoms with Crippen LogP contribution in [0.1, 0.15) is 33.6 Å². The molecule has 0 aliphatic carbocycles. The maximum atomic E-state index is 11.5. The van der Waals surface area contributed by atoms with Gasteiger partial charge in [0.2, 0.25) is 0 Å². The van der Waals surface area contributed by atoms with Gasteiger partial charge < -0.3 is 10.5 Å². The highest BCUT2D eigenvalue weighted by atomic mass is 32.2. The van der Waals surface area contributed by atoms with Gasteiger partial charge in [-0.05, 0) is 13.3 Å². The predicted molar refractivity (Wildman–Crippen MR) is 61.4 cm³/mol. The van der Waals surface area contributed by atoms with Gasteiger partial charge in [0.1, 0.15) is 5.25 Å². The second-order valence-corrected chi connectivity index (χ2v) is 4.86. The molecule has 2 atom stereocenters. The third kappa shape index (κ3) is 5.50. The quantitative estimate of drug-likeness (QED) is 0.663. The number of rotatable bonds is 7. The minimum atomic E-state index is -0.0975. The summed E-state index contributed by atoms with van der Waals surface area (Å²) >= 11 is 1.62. The van der Waals surface area contributed by atoms with Gasteiger partial charge in [-0.3, -0.25) is 4.79 Å². The number of hydrogen-bond acceptors (Lipinski definition) is 4. The molecule has 0 rings (SSSR count). The van der Waals surface area contributed by atoms with Crippen LogP contribution in [0.25, 0.3) is 0 Å². The average molecular weight is 219 g/mol.